The molecular weight excluding hydrogens is 358 g/mol. The Hall–Kier alpha value is -2.60. The maximum Gasteiger partial charge on any atom is 0.266 e. The second-order valence-electron chi connectivity index (χ2n) is 6.24. The number of carbonyl (C=O) groups excluding carboxylic acids is 1. The lowest BCUT2D eigenvalue weighted by atomic mass is 10.2. The van der Waals surface area contributed by atoms with E-state index in [0.29, 0.717) is 29.1 Å². The van der Waals surface area contributed by atoms with Gasteiger partial charge >= 0.3 is 0 Å². The summed E-state index contributed by atoms with van der Waals surface area (Å²) in [5.74, 6) is 0.293. The van der Waals surface area contributed by atoms with Gasteiger partial charge in [-0.1, -0.05) is 41.6 Å². The van der Waals surface area contributed by atoms with Crippen LogP contribution in [0.1, 0.15) is 19.4 Å². The van der Waals surface area contributed by atoms with Crippen LogP contribution in [0.4, 0.5) is 0 Å². The molecule has 0 atom stereocenters. The zero-order valence-electron chi connectivity index (χ0n) is 15.8. The number of hydrogen-bond donors (Lipinski definition) is 0. The minimum Gasteiger partial charge on any atom is -0.343 e. The molecule has 0 radical (unpaired) electrons. The van der Waals surface area contributed by atoms with Gasteiger partial charge in [0.05, 0.1) is 22.3 Å². The first-order valence-corrected chi connectivity index (χ1v) is 10.0. The summed E-state index contributed by atoms with van der Waals surface area (Å²) < 4.78 is 1.60. The van der Waals surface area contributed by atoms with E-state index in [1.807, 2.05) is 63.2 Å². The summed E-state index contributed by atoms with van der Waals surface area (Å²) in [4.78, 5) is 32.0. The molecule has 2 aromatic carbocycles. The summed E-state index contributed by atoms with van der Waals surface area (Å²) in [6, 6.07) is 15.0. The van der Waals surface area contributed by atoms with Gasteiger partial charge in [0, 0.05) is 13.1 Å². The van der Waals surface area contributed by atoms with E-state index < -0.39 is 0 Å². The van der Waals surface area contributed by atoms with Crippen LogP contribution in [0.15, 0.2) is 58.5 Å². The number of hydrogen-bond acceptors (Lipinski definition) is 4. The molecule has 1 aromatic heterocycles. The van der Waals surface area contributed by atoms with Crippen LogP contribution in [0.5, 0.6) is 0 Å². The van der Waals surface area contributed by atoms with Crippen LogP contribution in [0.25, 0.3) is 16.6 Å². The first-order valence-electron chi connectivity index (χ1n) is 9.04. The Labute approximate surface area is 163 Å². The van der Waals surface area contributed by atoms with Crippen LogP contribution >= 0.6 is 11.8 Å². The van der Waals surface area contributed by atoms with Crippen molar-refractivity contribution in [2.24, 2.45) is 0 Å². The Bertz CT molecular complexity index is 1010. The molecule has 0 aliphatic rings. The molecule has 0 fully saturated rings. The van der Waals surface area contributed by atoms with Gasteiger partial charge in [-0.3, -0.25) is 14.2 Å². The SMILES string of the molecule is CCN(CC)C(=O)CSc1nc2ccccc2c(=O)n1-c1ccc(C)cc1. The number of benzene rings is 2. The number of aryl methyl sites for hydroxylation is 1. The molecule has 0 spiro atoms. The molecule has 27 heavy (non-hydrogen) atoms. The minimum atomic E-state index is -0.123. The number of aromatic nitrogens is 2. The molecule has 3 rings (SSSR count). The first-order chi connectivity index (χ1) is 13.0. The number of amides is 1. The lowest BCUT2D eigenvalue weighted by molar-refractivity contribution is -0.127. The molecule has 1 heterocycles. The maximum absolute atomic E-state index is 13.1. The van der Waals surface area contributed by atoms with E-state index in [9.17, 15) is 9.59 Å². The van der Waals surface area contributed by atoms with Crippen molar-refractivity contribution in [3.05, 3.63) is 64.4 Å². The number of nitrogens with zero attached hydrogens (tertiary/aromatic N) is 3. The van der Waals surface area contributed by atoms with E-state index in [2.05, 4.69) is 4.98 Å². The van der Waals surface area contributed by atoms with Gasteiger partial charge in [0.15, 0.2) is 5.16 Å². The summed E-state index contributed by atoms with van der Waals surface area (Å²) in [6.07, 6.45) is 0. The number of rotatable bonds is 6. The van der Waals surface area contributed by atoms with Gasteiger partial charge in [0.2, 0.25) is 5.91 Å². The van der Waals surface area contributed by atoms with Crippen LogP contribution in [0, 0.1) is 6.92 Å². The zero-order valence-corrected chi connectivity index (χ0v) is 16.6. The van der Waals surface area contributed by atoms with Crippen molar-refractivity contribution in [2.75, 3.05) is 18.8 Å². The van der Waals surface area contributed by atoms with E-state index in [1.165, 1.54) is 11.8 Å². The number of carbonyl (C=O) groups is 1. The van der Waals surface area contributed by atoms with Gasteiger partial charge in [0.25, 0.3) is 5.56 Å². The third-order valence-corrected chi connectivity index (χ3v) is 5.40. The molecule has 0 N–H and O–H groups in total. The van der Waals surface area contributed by atoms with Crippen molar-refractivity contribution < 1.29 is 4.79 Å². The van der Waals surface area contributed by atoms with Gasteiger partial charge in [0.1, 0.15) is 0 Å². The minimum absolute atomic E-state index is 0.0443. The zero-order chi connectivity index (χ0) is 19.4. The topological polar surface area (TPSA) is 55.2 Å². The fraction of sp³-hybridized carbons (Fsp3) is 0.286. The monoisotopic (exact) mass is 381 g/mol. The van der Waals surface area contributed by atoms with Gasteiger partial charge < -0.3 is 4.90 Å². The highest BCUT2D eigenvalue weighted by Crippen LogP contribution is 2.22. The highest BCUT2D eigenvalue weighted by Gasteiger charge is 2.16. The molecule has 3 aromatic rings. The van der Waals surface area contributed by atoms with E-state index in [1.54, 1.807) is 15.5 Å². The Morgan fingerprint density at radius 3 is 2.41 bits per heavy atom. The van der Waals surface area contributed by atoms with E-state index in [4.69, 9.17) is 0 Å². The molecule has 0 aliphatic carbocycles. The van der Waals surface area contributed by atoms with E-state index in [0.717, 1.165) is 11.3 Å². The molecule has 6 heteroatoms. The molecule has 1 amide bonds. The third kappa shape index (κ3) is 4.06. The first kappa shape index (κ1) is 19.2. The molecule has 0 saturated carbocycles. The van der Waals surface area contributed by atoms with Crippen molar-refractivity contribution >= 4 is 28.6 Å². The van der Waals surface area contributed by atoms with Gasteiger partial charge in [-0.25, -0.2) is 4.98 Å². The molecule has 5 nitrogen and oxygen atoms in total. The Kier molecular flexibility index (Phi) is 5.96. The van der Waals surface area contributed by atoms with Crippen molar-refractivity contribution in [2.45, 2.75) is 25.9 Å². The molecule has 140 valence electrons. The van der Waals surface area contributed by atoms with Crippen LogP contribution in [-0.4, -0.2) is 39.2 Å². The van der Waals surface area contributed by atoms with Gasteiger partial charge in [-0.05, 0) is 45.0 Å². The van der Waals surface area contributed by atoms with Crippen molar-refractivity contribution in [3.8, 4) is 5.69 Å². The highest BCUT2D eigenvalue weighted by molar-refractivity contribution is 7.99. The summed E-state index contributed by atoms with van der Waals surface area (Å²) in [5.41, 5.74) is 2.39. The summed E-state index contributed by atoms with van der Waals surface area (Å²) in [7, 11) is 0. The maximum atomic E-state index is 13.1. The predicted molar refractivity (Wildman–Crippen MR) is 111 cm³/mol. The highest BCUT2D eigenvalue weighted by atomic mass is 32.2. The fourth-order valence-corrected chi connectivity index (χ4v) is 3.84. The quantitative estimate of drug-likeness (QED) is 0.483. The second kappa shape index (κ2) is 8.39. The van der Waals surface area contributed by atoms with Crippen molar-refractivity contribution in [1.82, 2.24) is 14.5 Å². The smallest absolute Gasteiger partial charge is 0.266 e. The second-order valence-corrected chi connectivity index (χ2v) is 7.18. The van der Waals surface area contributed by atoms with Crippen LogP contribution in [0.3, 0.4) is 0 Å². The standard InChI is InChI=1S/C21H23N3O2S/c1-4-23(5-2)19(25)14-27-21-22-18-9-7-6-8-17(18)20(26)24(21)16-12-10-15(3)11-13-16/h6-13H,4-5,14H2,1-3H3. The van der Waals surface area contributed by atoms with Crippen molar-refractivity contribution in [3.63, 3.8) is 0 Å². The molecule has 0 bridgehead atoms. The van der Waals surface area contributed by atoms with Crippen LogP contribution in [-0.2, 0) is 4.79 Å². The number of thioether (sulfide) groups is 1. The Balaban J connectivity index is 2.07. The van der Waals surface area contributed by atoms with Gasteiger partial charge in [-0.15, -0.1) is 0 Å². The Morgan fingerprint density at radius 2 is 1.74 bits per heavy atom. The summed E-state index contributed by atoms with van der Waals surface area (Å²) in [6.45, 7) is 7.27. The van der Waals surface area contributed by atoms with Gasteiger partial charge in [-0.2, -0.15) is 0 Å². The van der Waals surface area contributed by atoms with E-state index >= 15 is 0 Å². The van der Waals surface area contributed by atoms with Crippen LogP contribution < -0.4 is 5.56 Å². The Morgan fingerprint density at radius 1 is 1.07 bits per heavy atom. The molecule has 0 unspecified atom stereocenters. The number of para-hydroxylation sites is 1. The summed E-state index contributed by atoms with van der Waals surface area (Å²) in [5, 5.41) is 1.10. The van der Waals surface area contributed by atoms with Crippen LogP contribution in [0.2, 0.25) is 0 Å². The number of fused-ring (bicyclic) bond motifs is 1. The summed E-state index contributed by atoms with van der Waals surface area (Å²) >= 11 is 1.30. The molecule has 0 aliphatic heterocycles. The van der Waals surface area contributed by atoms with E-state index in [-0.39, 0.29) is 17.2 Å². The lowest BCUT2D eigenvalue weighted by Crippen LogP contribution is -2.32. The molecular formula is C21H23N3O2S. The van der Waals surface area contributed by atoms with Crippen molar-refractivity contribution in [1.29, 1.82) is 0 Å². The lowest BCUT2D eigenvalue weighted by Gasteiger charge is -2.19. The normalized spacial score (nSPS) is 10.9. The third-order valence-electron chi connectivity index (χ3n) is 4.48. The fourth-order valence-electron chi connectivity index (χ4n) is 2.92. The largest absolute Gasteiger partial charge is 0.343 e. The average Bonchev–Trinajstić information content (AvgIpc) is 2.68. The molecule has 0 saturated heterocycles. The average molecular weight is 382 g/mol. The predicted octanol–water partition coefficient (Wildman–Crippen LogP) is 3.65.